The second kappa shape index (κ2) is 6.55. The molecule has 2 aliphatic heterocycles. The van der Waals surface area contributed by atoms with E-state index in [-0.39, 0.29) is 11.8 Å². The molecule has 1 spiro atoms. The number of carbonyl (C=O) groups is 2. The van der Waals surface area contributed by atoms with Crippen LogP contribution in [0.3, 0.4) is 0 Å². The van der Waals surface area contributed by atoms with Crippen molar-refractivity contribution in [2.45, 2.75) is 51.9 Å². The van der Waals surface area contributed by atoms with E-state index in [0.717, 1.165) is 5.82 Å². The van der Waals surface area contributed by atoms with Crippen LogP contribution in [-0.4, -0.2) is 63.4 Å². The summed E-state index contributed by atoms with van der Waals surface area (Å²) in [5, 5.41) is 0. The molecule has 0 aromatic carbocycles. The van der Waals surface area contributed by atoms with Gasteiger partial charge in [0.05, 0.1) is 6.54 Å². The van der Waals surface area contributed by atoms with Crippen LogP contribution in [0.1, 0.15) is 39.4 Å². The lowest BCUT2D eigenvalue weighted by molar-refractivity contribution is -0.182. The molecule has 1 unspecified atom stereocenters. The van der Waals surface area contributed by atoms with E-state index in [0.29, 0.717) is 45.6 Å². The number of aromatic nitrogens is 2. The number of imidazole rings is 1. The fourth-order valence-corrected chi connectivity index (χ4v) is 3.79. The van der Waals surface area contributed by atoms with Crippen LogP contribution in [0.5, 0.6) is 0 Å². The molecule has 132 valence electrons. The predicted octanol–water partition coefficient (Wildman–Crippen LogP) is 0.988. The van der Waals surface area contributed by atoms with Crippen molar-refractivity contribution in [1.29, 1.82) is 0 Å². The molecule has 1 fully saturated rings. The summed E-state index contributed by atoms with van der Waals surface area (Å²) in [6, 6.07) is 0. The van der Waals surface area contributed by atoms with Gasteiger partial charge in [-0.1, -0.05) is 0 Å². The number of piperidine rings is 1. The Morgan fingerprint density at radius 1 is 1.33 bits per heavy atom. The summed E-state index contributed by atoms with van der Waals surface area (Å²) >= 11 is 0. The number of fused-ring (bicyclic) bond motifs is 2. The molecule has 2 amide bonds. The van der Waals surface area contributed by atoms with Gasteiger partial charge in [0.2, 0.25) is 5.91 Å². The van der Waals surface area contributed by atoms with E-state index in [1.165, 1.54) is 0 Å². The third-order valence-corrected chi connectivity index (χ3v) is 5.22. The highest BCUT2D eigenvalue weighted by Crippen LogP contribution is 2.40. The van der Waals surface area contributed by atoms with Crippen LogP contribution in [0.4, 0.5) is 0 Å². The van der Waals surface area contributed by atoms with Crippen LogP contribution < -0.4 is 0 Å². The number of ether oxygens (including phenoxy) is 1. The van der Waals surface area contributed by atoms with E-state index in [1.807, 2.05) is 34.4 Å². The molecule has 2 aliphatic rings. The largest absolute Gasteiger partial charge is 0.352 e. The summed E-state index contributed by atoms with van der Waals surface area (Å²) in [6.45, 7) is 8.68. The van der Waals surface area contributed by atoms with Gasteiger partial charge in [0.15, 0.2) is 6.10 Å². The maximum absolute atomic E-state index is 12.8. The lowest BCUT2D eigenvalue weighted by Gasteiger charge is -2.46. The number of rotatable bonds is 3. The first kappa shape index (κ1) is 17.0. The highest BCUT2D eigenvalue weighted by atomic mass is 16.5. The smallest absolute Gasteiger partial charge is 0.253 e. The molecule has 0 N–H and O–H groups in total. The third-order valence-electron chi connectivity index (χ3n) is 5.22. The van der Waals surface area contributed by atoms with Crippen molar-refractivity contribution in [2.24, 2.45) is 0 Å². The summed E-state index contributed by atoms with van der Waals surface area (Å²) in [5.74, 6) is 1.00. The minimum absolute atomic E-state index is 0.0349. The fraction of sp³-hybridized carbons (Fsp3) is 0.706. The Balaban J connectivity index is 1.85. The lowest BCUT2D eigenvalue weighted by atomic mass is 9.88. The van der Waals surface area contributed by atoms with Crippen LogP contribution in [0.15, 0.2) is 12.4 Å². The first-order valence-corrected chi connectivity index (χ1v) is 8.74. The molecule has 0 aliphatic carbocycles. The summed E-state index contributed by atoms with van der Waals surface area (Å²) in [5.41, 5.74) is -0.568. The Labute approximate surface area is 142 Å². The van der Waals surface area contributed by atoms with Crippen molar-refractivity contribution in [3.05, 3.63) is 18.2 Å². The highest BCUT2D eigenvalue weighted by Gasteiger charge is 2.47. The predicted molar refractivity (Wildman–Crippen MR) is 88.2 cm³/mol. The molecular formula is C17H26N4O3. The molecule has 1 aromatic rings. The van der Waals surface area contributed by atoms with Gasteiger partial charge in [-0.15, -0.1) is 0 Å². The van der Waals surface area contributed by atoms with Crippen LogP contribution >= 0.6 is 0 Å². The topological polar surface area (TPSA) is 67.7 Å². The van der Waals surface area contributed by atoms with E-state index in [2.05, 4.69) is 4.98 Å². The van der Waals surface area contributed by atoms with Gasteiger partial charge in [-0.2, -0.15) is 0 Å². The zero-order valence-corrected chi connectivity index (χ0v) is 14.7. The standard InChI is InChI=1S/C17H26N4O3/c1-4-19(5-2)15(23)14-12-21-11-8-18-16(21)17(24-14)6-9-20(10-7-17)13(3)22/h8,11,14H,4-7,9-10,12H2,1-3H3. The van der Waals surface area contributed by atoms with Crippen LogP contribution in [0.2, 0.25) is 0 Å². The van der Waals surface area contributed by atoms with E-state index < -0.39 is 11.7 Å². The van der Waals surface area contributed by atoms with Gasteiger partial charge >= 0.3 is 0 Å². The molecule has 0 saturated carbocycles. The van der Waals surface area contributed by atoms with Crippen molar-refractivity contribution in [2.75, 3.05) is 26.2 Å². The highest BCUT2D eigenvalue weighted by molar-refractivity contribution is 5.81. The third kappa shape index (κ3) is 2.81. The van der Waals surface area contributed by atoms with Gasteiger partial charge in [-0.3, -0.25) is 9.59 Å². The second-order valence-electron chi connectivity index (χ2n) is 6.52. The normalized spacial score (nSPS) is 22.3. The Morgan fingerprint density at radius 2 is 2.00 bits per heavy atom. The molecule has 3 rings (SSSR count). The van der Waals surface area contributed by atoms with Crippen molar-refractivity contribution in [1.82, 2.24) is 19.4 Å². The van der Waals surface area contributed by atoms with Gasteiger partial charge in [0.25, 0.3) is 5.91 Å². The van der Waals surface area contributed by atoms with Crippen LogP contribution in [-0.2, 0) is 26.5 Å². The molecule has 1 saturated heterocycles. The summed E-state index contributed by atoms with van der Waals surface area (Å²) in [4.78, 5) is 32.5. The maximum atomic E-state index is 12.8. The summed E-state index contributed by atoms with van der Waals surface area (Å²) in [6.07, 6.45) is 4.54. The van der Waals surface area contributed by atoms with Crippen molar-refractivity contribution >= 4 is 11.8 Å². The fourth-order valence-electron chi connectivity index (χ4n) is 3.79. The minimum atomic E-state index is -0.568. The van der Waals surface area contributed by atoms with E-state index in [4.69, 9.17) is 4.74 Å². The lowest BCUT2D eigenvalue weighted by Crippen LogP contribution is -2.55. The van der Waals surface area contributed by atoms with Crippen molar-refractivity contribution < 1.29 is 14.3 Å². The molecular weight excluding hydrogens is 308 g/mol. The van der Waals surface area contributed by atoms with E-state index in [9.17, 15) is 9.59 Å². The average Bonchev–Trinajstić information content (AvgIpc) is 3.06. The number of hydrogen-bond acceptors (Lipinski definition) is 4. The molecule has 7 nitrogen and oxygen atoms in total. The zero-order chi connectivity index (χ0) is 17.3. The van der Waals surface area contributed by atoms with Gasteiger partial charge in [-0.05, 0) is 13.8 Å². The van der Waals surface area contributed by atoms with Crippen LogP contribution in [0.25, 0.3) is 0 Å². The Bertz CT molecular complexity index is 615. The second-order valence-corrected chi connectivity index (χ2v) is 6.52. The molecule has 7 heteroatoms. The molecule has 0 radical (unpaired) electrons. The number of likely N-dealkylation sites (N-methyl/N-ethyl adjacent to an activating group) is 1. The maximum Gasteiger partial charge on any atom is 0.253 e. The number of amides is 2. The minimum Gasteiger partial charge on any atom is -0.352 e. The quantitative estimate of drug-likeness (QED) is 0.827. The van der Waals surface area contributed by atoms with E-state index >= 15 is 0 Å². The SMILES string of the molecule is CCN(CC)C(=O)C1Cn2ccnc2C2(CCN(C(C)=O)CC2)O1. The van der Waals surface area contributed by atoms with Crippen LogP contribution in [0, 0.1) is 0 Å². The number of likely N-dealkylation sites (tertiary alicyclic amines) is 1. The monoisotopic (exact) mass is 334 g/mol. The Hall–Kier alpha value is -1.89. The average molecular weight is 334 g/mol. The van der Waals surface area contributed by atoms with Gasteiger partial charge < -0.3 is 19.1 Å². The van der Waals surface area contributed by atoms with Crippen molar-refractivity contribution in [3.8, 4) is 0 Å². The molecule has 1 atom stereocenters. The number of carbonyl (C=O) groups excluding carboxylic acids is 2. The van der Waals surface area contributed by atoms with E-state index in [1.54, 1.807) is 13.1 Å². The first-order chi connectivity index (χ1) is 11.5. The van der Waals surface area contributed by atoms with Crippen molar-refractivity contribution in [3.63, 3.8) is 0 Å². The zero-order valence-electron chi connectivity index (χ0n) is 14.7. The number of nitrogens with zero attached hydrogens (tertiary/aromatic N) is 4. The Kier molecular flexibility index (Phi) is 4.62. The van der Waals surface area contributed by atoms with Gasteiger partial charge in [0.1, 0.15) is 11.4 Å². The van der Waals surface area contributed by atoms with Gasteiger partial charge in [-0.25, -0.2) is 4.98 Å². The Morgan fingerprint density at radius 3 is 2.58 bits per heavy atom. The summed E-state index contributed by atoms with van der Waals surface area (Å²) < 4.78 is 8.40. The molecule has 24 heavy (non-hydrogen) atoms. The number of hydrogen-bond donors (Lipinski definition) is 0. The first-order valence-electron chi connectivity index (χ1n) is 8.74. The molecule has 3 heterocycles. The molecule has 0 bridgehead atoms. The summed E-state index contributed by atoms with van der Waals surface area (Å²) in [7, 11) is 0. The molecule has 1 aromatic heterocycles. The van der Waals surface area contributed by atoms with Gasteiger partial charge in [0, 0.05) is 58.3 Å².